The molecule has 0 saturated heterocycles. The molecule has 0 fully saturated rings. The molecule has 0 heterocycles. The lowest BCUT2D eigenvalue weighted by molar-refractivity contribution is -0.166. The molecule has 0 aromatic rings. The van der Waals surface area contributed by atoms with Crippen molar-refractivity contribution in [3.63, 3.8) is 0 Å². The molecule has 0 bridgehead atoms. The number of ether oxygens (including phenoxy) is 3. The van der Waals surface area contributed by atoms with Crippen molar-refractivity contribution in [1.29, 1.82) is 0 Å². The van der Waals surface area contributed by atoms with Gasteiger partial charge in [-0.1, -0.05) is 266 Å². The minimum absolute atomic E-state index is 0.142. The van der Waals surface area contributed by atoms with Crippen molar-refractivity contribution >= 4 is 17.9 Å². The summed E-state index contributed by atoms with van der Waals surface area (Å²) in [5.41, 5.74) is 0. The number of allylic oxidation sites excluding steroid dienone is 34. The third-order valence-electron chi connectivity index (χ3n) is 12.3. The highest BCUT2D eigenvalue weighted by Gasteiger charge is 2.19. The molecule has 6 heteroatoms. The third-order valence-corrected chi connectivity index (χ3v) is 12.3. The van der Waals surface area contributed by atoms with Gasteiger partial charge in [0, 0.05) is 19.3 Å². The zero-order valence-electron chi connectivity index (χ0n) is 51.2. The molecule has 0 spiro atoms. The number of hydrogen-bond acceptors (Lipinski definition) is 6. The van der Waals surface area contributed by atoms with E-state index in [9.17, 15) is 14.4 Å². The number of hydrogen-bond donors (Lipinski definition) is 0. The van der Waals surface area contributed by atoms with Crippen LogP contribution in [0.5, 0.6) is 0 Å². The van der Waals surface area contributed by atoms with Crippen molar-refractivity contribution in [2.45, 2.75) is 232 Å². The van der Waals surface area contributed by atoms with E-state index in [1.807, 2.05) is 12.2 Å². The van der Waals surface area contributed by atoms with Crippen molar-refractivity contribution in [2.75, 3.05) is 13.2 Å². The first kappa shape index (κ1) is 75.0. The lowest BCUT2D eigenvalue weighted by Crippen LogP contribution is -2.30. The van der Waals surface area contributed by atoms with Gasteiger partial charge in [-0.15, -0.1) is 0 Å². The van der Waals surface area contributed by atoms with Crippen LogP contribution in [0.3, 0.4) is 0 Å². The van der Waals surface area contributed by atoms with Gasteiger partial charge in [0.05, 0.1) is 0 Å². The van der Waals surface area contributed by atoms with E-state index in [-0.39, 0.29) is 38.0 Å². The molecule has 6 nitrogen and oxygen atoms in total. The molecular weight excluding hydrogens is 997 g/mol. The lowest BCUT2D eigenvalue weighted by atomic mass is 10.1. The van der Waals surface area contributed by atoms with E-state index in [1.165, 1.54) is 32.1 Å². The first-order chi connectivity index (χ1) is 40.0. The highest BCUT2D eigenvalue weighted by molar-refractivity contribution is 5.71. The van der Waals surface area contributed by atoms with Gasteiger partial charge in [-0.05, 0) is 148 Å². The van der Waals surface area contributed by atoms with E-state index in [4.69, 9.17) is 14.2 Å². The van der Waals surface area contributed by atoms with Crippen LogP contribution in [-0.4, -0.2) is 37.2 Å². The summed E-state index contributed by atoms with van der Waals surface area (Å²) in [5.74, 6) is -1.11. The van der Waals surface area contributed by atoms with Crippen LogP contribution in [0, 0.1) is 0 Å². The maximum atomic E-state index is 12.9. The van der Waals surface area contributed by atoms with Gasteiger partial charge in [0.2, 0.25) is 0 Å². The predicted octanol–water partition coefficient (Wildman–Crippen LogP) is 22.0. The van der Waals surface area contributed by atoms with Crippen LogP contribution in [0.2, 0.25) is 0 Å². The quantitative estimate of drug-likeness (QED) is 0.0261. The summed E-state index contributed by atoms with van der Waals surface area (Å²) >= 11 is 0. The standard InChI is InChI=1S/C75H112O6/c1-4-7-10-13-16-19-22-25-28-31-33-34-35-36-37-38-39-40-42-44-47-50-53-56-59-62-65-68-74(77)80-71-72(70-79-73(76)67-64-61-58-55-52-49-46-43-30-27-24-21-18-15-12-9-6-3)81-75(78)69-66-63-60-57-54-51-48-45-41-32-29-26-23-20-17-14-11-8-5-2/h7-12,16-21,25-30,33-34,36-37,39-41,45-46,49,51,54-55,58,60,63,72H,4-6,13-15,22-24,31-32,35,38,42-44,47-48,50,52-53,56-57,59,61-62,64-71H2,1-3H3/b10-7-,11-8-,12-9-,19-16-,20-17-,21-18-,28-25-,29-26-,30-27-,34-33-,37-36-,40-39-,45-41-,49-46-,54-51-,58-55-,63-60-. The molecule has 1 unspecified atom stereocenters. The lowest BCUT2D eigenvalue weighted by Gasteiger charge is -2.18. The summed E-state index contributed by atoms with van der Waals surface area (Å²) in [7, 11) is 0. The normalized spacial score (nSPS) is 13.6. The topological polar surface area (TPSA) is 78.9 Å². The summed E-state index contributed by atoms with van der Waals surface area (Å²) in [6.45, 7) is 6.16. The molecule has 0 saturated carbocycles. The van der Waals surface area contributed by atoms with Crippen molar-refractivity contribution in [3.05, 3.63) is 207 Å². The van der Waals surface area contributed by atoms with E-state index < -0.39 is 12.1 Å². The van der Waals surface area contributed by atoms with Gasteiger partial charge in [0.1, 0.15) is 13.2 Å². The number of esters is 3. The molecule has 448 valence electrons. The van der Waals surface area contributed by atoms with Crippen LogP contribution in [0.4, 0.5) is 0 Å². The largest absolute Gasteiger partial charge is 0.462 e. The summed E-state index contributed by atoms with van der Waals surface area (Å²) in [6, 6.07) is 0. The van der Waals surface area contributed by atoms with Crippen LogP contribution in [-0.2, 0) is 28.6 Å². The fourth-order valence-electron chi connectivity index (χ4n) is 7.68. The van der Waals surface area contributed by atoms with E-state index in [1.54, 1.807) is 0 Å². The second kappa shape index (κ2) is 66.5. The summed E-state index contributed by atoms with van der Waals surface area (Å²) in [5, 5.41) is 0. The monoisotopic (exact) mass is 1110 g/mol. The van der Waals surface area contributed by atoms with Gasteiger partial charge in [-0.2, -0.15) is 0 Å². The van der Waals surface area contributed by atoms with Gasteiger partial charge in [0.15, 0.2) is 6.10 Å². The van der Waals surface area contributed by atoms with Crippen LogP contribution in [0.1, 0.15) is 226 Å². The van der Waals surface area contributed by atoms with Gasteiger partial charge in [-0.3, -0.25) is 14.4 Å². The van der Waals surface area contributed by atoms with E-state index >= 15 is 0 Å². The zero-order chi connectivity index (χ0) is 58.5. The Morgan fingerprint density at radius 3 is 0.790 bits per heavy atom. The number of unbranched alkanes of at least 4 members (excludes halogenated alkanes) is 9. The van der Waals surface area contributed by atoms with Crippen LogP contribution in [0.25, 0.3) is 0 Å². The fraction of sp³-hybridized carbons (Fsp3) is 0.507. The van der Waals surface area contributed by atoms with Crippen molar-refractivity contribution in [3.8, 4) is 0 Å². The van der Waals surface area contributed by atoms with Crippen LogP contribution >= 0.6 is 0 Å². The van der Waals surface area contributed by atoms with Crippen molar-refractivity contribution in [1.82, 2.24) is 0 Å². The Kier molecular flexibility index (Phi) is 61.6. The van der Waals surface area contributed by atoms with Gasteiger partial charge >= 0.3 is 17.9 Å². The second-order valence-corrected chi connectivity index (χ2v) is 19.8. The van der Waals surface area contributed by atoms with Gasteiger partial charge < -0.3 is 14.2 Å². The minimum Gasteiger partial charge on any atom is -0.462 e. The second-order valence-electron chi connectivity index (χ2n) is 19.8. The first-order valence-corrected chi connectivity index (χ1v) is 31.6. The molecule has 0 radical (unpaired) electrons. The van der Waals surface area contributed by atoms with Crippen molar-refractivity contribution < 1.29 is 28.6 Å². The third kappa shape index (κ3) is 64.7. The molecule has 0 aliphatic carbocycles. The SMILES string of the molecule is CC/C=C\C/C=C\C/C=C\C/C=C\C/C=C\C/C=C\CCCCCCCCCCC(=O)OCC(COC(=O)CCC/C=C\C/C=C\C/C=C\C/C=C\C/C=C\CC)OC(=O)CC/C=C\C/C=C\C/C=C\C/C=C\C/C=C\C/C=C\CC. The fourth-order valence-corrected chi connectivity index (χ4v) is 7.68. The Morgan fingerprint density at radius 2 is 0.481 bits per heavy atom. The zero-order valence-corrected chi connectivity index (χ0v) is 51.2. The average molecular weight is 1110 g/mol. The Hall–Kier alpha value is -6.01. The van der Waals surface area contributed by atoms with Gasteiger partial charge in [-0.25, -0.2) is 0 Å². The van der Waals surface area contributed by atoms with E-state index in [0.29, 0.717) is 19.3 Å². The Morgan fingerprint density at radius 1 is 0.247 bits per heavy atom. The Bertz CT molecular complexity index is 2000. The molecule has 0 rings (SSSR count). The van der Waals surface area contributed by atoms with Crippen LogP contribution in [0.15, 0.2) is 207 Å². The average Bonchev–Trinajstić information content (AvgIpc) is 3.47. The summed E-state index contributed by atoms with van der Waals surface area (Å²) in [6.07, 6.45) is 103. The molecule has 0 aliphatic heterocycles. The summed E-state index contributed by atoms with van der Waals surface area (Å²) < 4.78 is 16.8. The highest BCUT2D eigenvalue weighted by Crippen LogP contribution is 2.13. The Labute approximate surface area is 496 Å². The molecule has 0 N–H and O–H groups in total. The maximum Gasteiger partial charge on any atom is 0.306 e. The number of rotatable bonds is 54. The summed E-state index contributed by atoms with van der Waals surface area (Å²) in [4.78, 5) is 38.3. The molecule has 0 aromatic carbocycles. The van der Waals surface area contributed by atoms with E-state index in [2.05, 4.69) is 215 Å². The molecule has 81 heavy (non-hydrogen) atoms. The molecule has 0 aliphatic rings. The molecule has 0 aromatic heterocycles. The molecular formula is C75H112O6. The molecule has 1 atom stereocenters. The van der Waals surface area contributed by atoms with Crippen LogP contribution < -0.4 is 0 Å². The van der Waals surface area contributed by atoms with Gasteiger partial charge in [0.25, 0.3) is 0 Å². The highest BCUT2D eigenvalue weighted by atomic mass is 16.6. The predicted molar refractivity (Wildman–Crippen MR) is 352 cm³/mol. The van der Waals surface area contributed by atoms with Crippen molar-refractivity contribution in [2.24, 2.45) is 0 Å². The smallest absolute Gasteiger partial charge is 0.306 e. The maximum absolute atomic E-state index is 12.9. The first-order valence-electron chi connectivity index (χ1n) is 31.6. The van der Waals surface area contributed by atoms with E-state index in [0.717, 1.165) is 141 Å². The number of carbonyl (C=O) groups is 3. The molecule has 0 amide bonds. The Balaban J connectivity index is 4.58. The minimum atomic E-state index is -0.860. The number of carbonyl (C=O) groups excluding carboxylic acids is 3.